The summed E-state index contributed by atoms with van der Waals surface area (Å²) in [5.41, 5.74) is 0.840. The Morgan fingerprint density at radius 2 is 2.29 bits per heavy atom. The van der Waals surface area contributed by atoms with Crippen LogP contribution < -0.4 is 0 Å². The fraction of sp³-hybridized carbons (Fsp3) is 0.125. The second-order valence-corrected chi connectivity index (χ2v) is 3.77. The van der Waals surface area contributed by atoms with Crippen LogP contribution in [0, 0.1) is 0 Å². The van der Waals surface area contributed by atoms with Crippen molar-refractivity contribution in [1.29, 1.82) is 0 Å². The number of alkyl halides is 1. The van der Waals surface area contributed by atoms with Gasteiger partial charge in [-0.3, -0.25) is 4.98 Å². The quantitative estimate of drug-likeness (QED) is 0.788. The van der Waals surface area contributed by atoms with Gasteiger partial charge in [0.2, 0.25) is 0 Å². The van der Waals surface area contributed by atoms with Crippen LogP contribution in [-0.2, 0) is 5.88 Å². The van der Waals surface area contributed by atoms with Crippen molar-refractivity contribution >= 4 is 27.5 Å². The van der Waals surface area contributed by atoms with Crippen molar-refractivity contribution < 1.29 is 0 Å². The average molecular weight is 274 g/mol. The molecule has 0 aliphatic carbocycles. The van der Waals surface area contributed by atoms with Gasteiger partial charge in [-0.2, -0.15) is 5.10 Å². The number of aromatic nitrogens is 4. The van der Waals surface area contributed by atoms with Crippen molar-refractivity contribution in [2.45, 2.75) is 5.88 Å². The predicted octanol–water partition coefficient (Wildman–Crippen LogP) is 2.16. The summed E-state index contributed by atoms with van der Waals surface area (Å²) in [5, 5.41) is 4.06. The minimum atomic E-state index is 0.326. The molecular formula is C8H6BrClN4. The highest BCUT2D eigenvalue weighted by Gasteiger charge is 2.05. The molecule has 14 heavy (non-hydrogen) atoms. The van der Waals surface area contributed by atoms with Gasteiger partial charge in [0.05, 0.1) is 17.8 Å². The normalized spacial score (nSPS) is 10.4. The summed E-state index contributed by atoms with van der Waals surface area (Å²) in [5.74, 6) is 1.03. The maximum absolute atomic E-state index is 5.71. The third-order valence-electron chi connectivity index (χ3n) is 1.67. The molecule has 0 fully saturated rings. The van der Waals surface area contributed by atoms with Crippen LogP contribution in [0.4, 0.5) is 0 Å². The molecule has 0 aliphatic rings. The first-order chi connectivity index (χ1) is 6.81. The fourth-order valence-electron chi connectivity index (χ4n) is 1.09. The highest BCUT2D eigenvalue weighted by atomic mass is 79.9. The Morgan fingerprint density at radius 3 is 3.00 bits per heavy atom. The Balaban J connectivity index is 2.49. The number of pyridine rings is 1. The topological polar surface area (TPSA) is 43.6 Å². The zero-order valence-electron chi connectivity index (χ0n) is 7.06. The number of nitrogens with zero attached hydrogens (tertiary/aromatic N) is 4. The molecule has 2 rings (SSSR count). The Hall–Kier alpha value is -0.940. The van der Waals surface area contributed by atoms with Crippen molar-refractivity contribution in [3.8, 4) is 5.69 Å². The molecule has 2 aromatic rings. The summed E-state index contributed by atoms with van der Waals surface area (Å²) in [6.45, 7) is 0. The number of hydrogen-bond donors (Lipinski definition) is 0. The lowest BCUT2D eigenvalue weighted by molar-refractivity contribution is 0.826. The van der Waals surface area contributed by atoms with Gasteiger partial charge in [0.1, 0.15) is 12.2 Å². The average Bonchev–Trinajstić information content (AvgIpc) is 2.65. The number of halogens is 2. The molecule has 0 aliphatic heterocycles. The van der Waals surface area contributed by atoms with Gasteiger partial charge < -0.3 is 0 Å². The number of hydrogen-bond acceptors (Lipinski definition) is 3. The summed E-state index contributed by atoms with van der Waals surface area (Å²) >= 11 is 9.04. The first-order valence-corrected chi connectivity index (χ1v) is 5.20. The molecule has 2 heterocycles. The molecule has 0 saturated carbocycles. The van der Waals surface area contributed by atoms with Gasteiger partial charge in [-0.1, -0.05) is 0 Å². The second kappa shape index (κ2) is 4.06. The van der Waals surface area contributed by atoms with Crippen LogP contribution in [-0.4, -0.2) is 19.7 Å². The van der Waals surface area contributed by atoms with Crippen LogP contribution in [0.5, 0.6) is 0 Å². The van der Waals surface area contributed by atoms with Crippen molar-refractivity contribution in [2.24, 2.45) is 0 Å². The van der Waals surface area contributed by atoms with Gasteiger partial charge >= 0.3 is 0 Å². The molecule has 6 heteroatoms. The van der Waals surface area contributed by atoms with E-state index in [0.717, 1.165) is 10.2 Å². The Labute approximate surface area is 94.1 Å². The largest absolute Gasteiger partial charge is 0.261 e. The lowest BCUT2D eigenvalue weighted by Gasteiger charge is -2.02. The summed E-state index contributed by atoms with van der Waals surface area (Å²) in [6.07, 6.45) is 4.88. The fourth-order valence-corrected chi connectivity index (χ4v) is 1.62. The first kappa shape index (κ1) is 9.61. The van der Waals surface area contributed by atoms with Crippen LogP contribution in [0.2, 0.25) is 0 Å². The molecule has 2 aromatic heterocycles. The van der Waals surface area contributed by atoms with Gasteiger partial charge in [-0.05, 0) is 22.0 Å². The Bertz CT molecular complexity index is 442. The van der Waals surface area contributed by atoms with Gasteiger partial charge in [-0.25, -0.2) is 9.67 Å². The van der Waals surface area contributed by atoms with E-state index in [1.807, 2.05) is 6.07 Å². The van der Waals surface area contributed by atoms with E-state index in [4.69, 9.17) is 11.6 Å². The lowest BCUT2D eigenvalue weighted by atomic mass is 10.4. The highest BCUT2D eigenvalue weighted by molar-refractivity contribution is 9.10. The number of rotatable bonds is 2. The molecule has 4 nitrogen and oxygen atoms in total. The zero-order chi connectivity index (χ0) is 9.97. The van der Waals surface area contributed by atoms with Gasteiger partial charge in [0, 0.05) is 10.7 Å². The minimum Gasteiger partial charge on any atom is -0.261 e. The molecule has 0 amide bonds. The first-order valence-electron chi connectivity index (χ1n) is 3.87. The smallest absolute Gasteiger partial charge is 0.147 e. The van der Waals surface area contributed by atoms with Crippen LogP contribution in [0.15, 0.2) is 29.3 Å². The summed E-state index contributed by atoms with van der Waals surface area (Å²) in [7, 11) is 0. The molecule has 0 spiro atoms. The molecule has 0 atom stereocenters. The minimum absolute atomic E-state index is 0.326. The van der Waals surface area contributed by atoms with Crippen LogP contribution in [0.1, 0.15) is 5.82 Å². The summed E-state index contributed by atoms with van der Waals surface area (Å²) in [4.78, 5) is 8.05. The van der Waals surface area contributed by atoms with Gasteiger partial charge in [0.15, 0.2) is 0 Å². The van der Waals surface area contributed by atoms with Gasteiger partial charge in [-0.15, -0.1) is 11.6 Å². The SMILES string of the molecule is ClCc1ncnn1-c1cncc(Br)c1. The second-order valence-electron chi connectivity index (χ2n) is 2.58. The van der Waals surface area contributed by atoms with E-state index in [0.29, 0.717) is 11.7 Å². The third-order valence-corrected chi connectivity index (χ3v) is 2.35. The lowest BCUT2D eigenvalue weighted by Crippen LogP contribution is -2.01. The maximum atomic E-state index is 5.71. The van der Waals surface area contributed by atoms with Crippen molar-refractivity contribution in [3.63, 3.8) is 0 Å². The monoisotopic (exact) mass is 272 g/mol. The molecular weight excluding hydrogens is 267 g/mol. The van der Waals surface area contributed by atoms with E-state index >= 15 is 0 Å². The summed E-state index contributed by atoms with van der Waals surface area (Å²) < 4.78 is 2.55. The summed E-state index contributed by atoms with van der Waals surface area (Å²) in [6, 6.07) is 1.90. The molecule has 72 valence electrons. The van der Waals surface area contributed by atoms with Crippen molar-refractivity contribution in [1.82, 2.24) is 19.7 Å². The predicted molar refractivity (Wildman–Crippen MR) is 56.4 cm³/mol. The van der Waals surface area contributed by atoms with Crippen LogP contribution >= 0.6 is 27.5 Å². The van der Waals surface area contributed by atoms with Crippen LogP contribution in [0.25, 0.3) is 5.69 Å². The standard InChI is InChI=1S/C8H6BrClN4/c9-6-1-7(4-11-3-6)14-8(2-10)12-5-13-14/h1,3-5H,2H2. The molecule has 0 aromatic carbocycles. The Morgan fingerprint density at radius 1 is 1.43 bits per heavy atom. The van der Waals surface area contributed by atoms with Crippen molar-refractivity contribution in [2.75, 3.05) is 0 Å². The van der Waals surface area contributed by atoms with E-state index in [1.54, 1.807) is 17.1 Å². The van der Waals surface area contributed by atoms with E-state index in [9.17, 15) is 0 Å². The van der Waals surface area contributed by atoms with Crippen molar-refractivity contribution in [3.05, 3.63) is 35.1 Å². The van der Waals surface area contributed by atoms with Gasteiger partial charge in [0.25, 0.3) is 0 Å². The van der Waals surface area contributed by atoms with E-state index in [1.165, 1.54) is 6.33 Å². The maximum Gasteiger partial charge on any atom is 0.147 e. The molecule has 0 unspecified atom stereocenters. The van der Waals surface area contributed by atoms with E-state index < -0.39 is 0 Å². The molecule has 0 radical (unpaired) electrons. The van der Waals surface area contributed by atoms with E-state index in [2.05, 4.69) is 31.0 Å². The highest BCUT2D eigenvalue weighted by Crippen LogP contribution is 2.14. The molecule has 0 saturated heterocycles. The Kier molecular flexibility index (Phi) is 2.79. The van der Waals surface area contributed by atoms with Crippen LogP contribution in [0.3, 0.4) is 0 Å². The molecule has 0 N–H and O–H groups in total. The zero-order valence-corrected chi connectivity index (χ0v) is 9.40. The third kappa shape index (κ3) is 1.78. The van der Waals surface area contributed by atoms with E-state index in [-0.39, 0.29) is 0 Å². The molecule has 0 bridgehead atoms.